The van der Waals surface area contributed by atoms with Gasteiger partial charge in [-0.05, 0) is 65.7 Å². The summed E-state index contributed by atoms with van der Waals surface area (Å²) in [7, 11) is 0. The number of hydrogen-bond acceptors (Lipinski definition) is 4. The Morgan fingerprint density at radius 1 is 1.08 bits per heavy atom. The van der Waals surface area contributed by atoms with E-state index < -0.39 is 11.8 Å². The Morgan fingerprint density at radius 3 is 2.60 bits per heavy atom. The fourth-order valence-corrected chi connectivity index (χ4v) is 2.60. The first-order chi connectivity index (χ1) is 12.0. The van der Waals surface area contributed by atoms with Gasteiger partial charge in [-0.3, -0.25) is 20.4 Å². The average molecular weight is 407 g/mol. The van der Waals surface area contributed by atoms with Crippen LogP contribution in [0, 0.1) is 6.92 Å². The van der Waals surface area contributed by atoms with E-state index >= 15 is 0 Å². The molecule has 2 rings (SSSR count). The molecule has 0 heterocycles. The lowest BCUT2D eigenvalue weighted by molar-refractivity contribution is -0.123. The lowest BCUT2D eigenvalue weighted by Gasteiger charge is -2.11. The normalized spacial score (nSPS) is 10.0. The topological polar surface area (TPSA) is 76.7 Å². The molecule has 6 nitrogen and oxygen atoms in total. The summed E-state index contributed by atoms with van der Waals surface area (Å²) in [6.07, 6.45) is 0. The van der Waals surface area contributed by atoms with E-state index in [0.717, 1.165) is 10.0 Å². The van der Waals surface area contributed by atoms with Gasteiger partial charge < -0.3 is 9.47 Å². The molecular weight excluding hydrogens is 388 g/mol. The van der Waals surface area contributed by atoms with E-state index in [1.165, 1.54) is 0 Å². The maximum Gasteiger partial charge on any atom is 0.276 e. The van der Waals surface area contributed by atoms with E-state index in [1.807, 2.05) is 26.0 Å². The molecule has 2 aromatic rings. The third-order valence-electron chi connectivity index (χ3n) is 3.17. The molecule has 0 aliphatic rings. The van der Waals surface area contributed by atoms with Crippen LogP contribution in [0.5, 0.6) is 11.5 Å². The quantitative estimate of drug-likeness (QED) is 0.722. The van der Waals surface area contributed by atoms with Crippen LogP contribution in [0.3, 0.4) is 0 Å². The van der Waals surface area contributed by atoms with E-state index in [0.29, 0.717) is 23.7 Å². The monoisotopic (exact) mass is 406 g/mol. The Hall–Kier alpha value is -2.54. The number of hydrogen-bond donors (Lipinski definition) is 2. The van der Waals surface area contributed by atoms with E-state index in [1.54, 1.807) is 30.3 Å². The van der Waals surface area contributed by atoms with Gasteiger partial charge >= 0.3 is 0 Å². The minimum atomic E-state index is -0.471. The molecular formula is C18H19BrN2O4. The molecule has 2 amide bonds. The Labute approximate surface area is 154 Å². The van der Waals surface area contributed by atoms with Crippen molar-refractivity contribution in [3.63, 3.8) is 0 Å². The van der Waals surface area contributed by atoms with Crippen LogP contribution in [0.4, 0.5) is 0 Å². The lowest BCUT2D eigenvalue weighted by atomic mass is 10.2. The Morgan fingerprint density at radius 2 is 1.88 bits per heavy atom. The molecule has 7 heteroatoms. The summed E-state index contributed by atoms with van der Waals surface area (Å²) in [6.45, 7) is 4.10. The molecule has 0 aliphatic heterocycles. The zero-order valence-corrected chi connectivity index (χ0v) is 15.6. The summed E-state index contributed by atoms with van der Waals surface area (Å²) in [5.41, 5.74) is 6.11. The van der Waals surface area contributed by atoms with Crippen molar-refractivity contribution in [2.75, 3.05) is 13.2 Å². The molecule has 132 valence electrons. The van der Waals surface area contributed by atoms with Crippen molar-refractivity contribution in [2.24, 2.45) is 0 Å². The van der Waals surface area contributed by atoms with Gasteiger partial charge in [-0.1, -0.05) is 12.1 Å². The SMILES string of the molecule is CCOc1cccc(C(=O)NNC(=O)COc2ccc(C)cc2Br)c1. The highest BCUT2D eigenvalue weighted by atomic mass is 79.9. The molecule has 0 fully saturated rings. The van der Waals surface area contributed by atoms with Crippen LogP contribution in [0.25, 0.3) is 0 Å². The standard InChI is InChI=1S/C18H19BrN2O4/c1-3-24-14-6-4-5-13(10-14)18(23)21-20-17(22)11-25-16-8-7-12(2)9-15(16)19/h4-10H,3,11H2,1-2H3,(H,20,22)(H,21,23). The largest absolute Gasteiger partial charge is 0.494 e. The van der Waals surface area contributed by atoms with Crippen LogP contribution >= 0.6 is 15.9 Å². The smallest absolute Gasteiger partial charge is 0.276 e. The summed E-state index contributed by atoms with van der Waals surface area (Å²) in [4.78, 5) is 23.9. The summed E-state index contributed by atoms with van der Waals surface area (Å²) < 4.78 is 11.5. The third kappa shape index (κ3) is 5.79. The molecule has 25 heavy (non-hydrogen) atoms. The maximum absolute atomic E-state index is 12.0. The molecule has 0 aliphatic carbocycles. The average Bonchev–Trinajstić information content (AvgIpc) is 2.59. The number of hydrazine groups is 1. The second-order valence-corrected chi connectivity index (χ2v) is 6.04. The zero-order chi connectivity index (χ0) is 18.2. The van der Waals surface area contributed by atoms with Gasteiger partial charge in [0.1, 0.15) is 11.5 Å². The molecule has 2 aromatic carbocycles. The van der Waals surface area contributed by atoms with E-state index in [-0.39, 0.29) is 6.61 Å². The minimum Gasteiger partial charge on any atom is -0.494 e. The van der Waals surface area contributed by atoms with Gasteiger partial charge in [0.2, 0.25) is 0 Å². The summed E-state index contributed by atoms with van der Waals surface area (Å²) in [5.74, 6) is 0.235. The fourth-order valence-electron chi connectivity index (χ4n) is 1.99. The fraction of sp³-hybridized carbons (Fsp3) is 0.222. The van der Waals surface area contributed by atoms with Crippen molar-refractivity contribution in [1.29, 1.82) is 0 Å². The highest BCUT2D eigenvalue weighted by molar-refractivity contribution is 9.10. The minimum absolute atomic E-state index is 0.221. The van der Waals surface area contributed by atoms with Crippen molar-refractivity contribution < 1.29 is 19.1 Å². The Balaban J connectivity index is 1.83. The van der Waals surface area contributed by atoms with Crippen molar-refractivity contribution in [3.05, 3.63) is 58.1 Å². The Bertz CT molecular complexity index is 764. The van der Waals surface area contributed by atoms with Gasteiger partial charge in [0.25, 0.3) is 11.8 Å². The molecule has 0 aromatic heterocycles. The van der Waals surface area contributed by atoms with Crippen molar-refractivity contribution in [3.8, 4) is 11.5 Å². The number of rotatable bonds is 6. The molecule has 0 saturated heterocycles. The maximum atomic E-state index is 12.0. The van der Waals surface area contributed by atoms with E-state index in [4.69, 9.17) is 9.47 Å². The van der Waals surface area contributed by atoms with Crippen molar-refractivity contribution in [2.45, 2.75) is 13.8 Å². The molecule has 0 unspecified atom stereocenters. The first kappa shape index (κ1) is 18.8. The van der Waals surface area contributed by atoms with Crippen LogP contribution in [0.1, 0.15) is 22.8 Å². The van der Waals surface area contributed by atoms with Crippen LogP contribution in [-0.2, 0) is 4.79 Å². The van der Waals surface area contributed by atoms with E-state index in [9.17, 15) is 9.59 Å². The third-order valence-corrected chi connectivity index (χ3v) is 3.79. The number of benzene rings is 2. The highest BCUT2D eigenvalue weighted by Crippen LogP contribution is 2.25. The first-order valence-corrected chi connectivity index (χ1v) is 8.50. The number of amides is 2. The van der Waals surface area contributed by atoms with E-state index in [2.05, 4.69) is 26.8 Å². The number of aryl methyl sites for hydroxylation is 1. The number of carbonyl (C=O) groups excluding carboxylic acids is 2. The van der Waals surface area contributed by atoms with Gasteiger partial charge in [-0.25, -0.2) is 0 Å². The summed E-state index contributed by atoms with van der Waals surface area (Å²) in [5, 5.41) is 0. The van der Waals surface area contributed by atoms with Crippen LogP contribution in [0.15, 0.2) is 46.9 Å². The molecule has 0 saturated carbocycles. The van der Waals surface area contributed by atoms with Crippen LogP contribution in [-0.4, -0.2) is 25.0 Å². The predicted molar refractivity (Wildman–Crippen MR) is 97.6 cm³/mol. The summed E-state index contributed by atoms with van der Waals surface area (Å²) >= 11 is 3.37. The highest BCUT2D eigenvalue weighted by Gasteiger charge is 2.10. The van der Waals surface area contributed by atoms with Gasteiger partial charge in [-0.15, -0.1) is 0 Å². The first-order valence-electron chi connectivity index (χ1n) is 7.70. The molecule has 2 N–H and O–H groups in total. The second-order valence-electron chi connectivity index (χ2n) is 5.19. The molecule has 0 radical (unpaired) electrons. The summed E-state index contributed by atoms with van der Waals surface area (Å²) in [6, 6.07) is 12.2. The number of nitrogens with one attached hydrogen (secondary N) is 2. The van der Waals surface area contributed by atoms with Gasteiger partial charge in [0, 0.05) is 5.56 Å². The lowest BCUT2D eigenvalue weighted by Crippen LogP contribution is -2.43. The molecule has 0 bridgehead atoms. The number of ether oxygens (including phenoxy) is 2. The predicted octanol–water partition coefficient (Wildman–Crippen LogP) is 3.00. The van der Waals surface area contributed by atoms with Crippen molar-refractivity contribution >= 4 is 27.7 Å². The van der Waals surface area contributed by atoms with Crippen LogP contribution in [0.2, 0.25) is 0 Å². The van der Waals surface area contributed by atoms with Gasteiger partial charge in [0.15, 0.2) is 6.61 Å². The van der Waals surface area contributed by atoms with Crippen molar-refractivity contribution in [1.82, 2.24) is 10.9 Å². The zero-order valence-electron chi connectivity index (χ0n) is 14.0. The number of halogens is 1. The Kier molecular flexibility index (Phi) is 6.82. The van der Waals surface area contributed by atoms with Gasteiger partial charge in [-0.2, -0.15) is 0 Å². The van der Waals surface area contributed by atoms with Gasteiger partial charge in [0.05, 0.1) is 11.1 Å². The molecule has 0 atom stereocenters. The second kappa shape index (κ2) is 9.08. The molecule has 0 spiro atoms. The van der Waals surface area contributed by atoms with Crippen LogP contribution < -0.4 is 20.3 Å². The number of carbonyl (C=O) groups is 2.